The van der Waals surface area contributed by atoms with Gasteiger partial charge >= 0.3 is 6.18 Å². The molecule has 62 heavy (non-hydrogen) atoms. The molecule has 7 fully saturated rings. The standard InChI is InChI=1S/C49H55ClF3NO6S2/c1-43-12-9-33(55)25-46(43)15-16-48(35(26-46)42(56)38-8-7-37(60-38)34-21-32(49(51,52)53)5-6-36(34)50)39(43)10-13-44(2)40(48)11-14-47(44,57)28-54(62(58,59)41-4-3-17-61-41)27-45-22-29-18-30(23-45)20-31(19-29)24-45/h3-8,15-17,21,26,29-31,33,39-40,55,57H,9-14,18-20,22-25,27-28H2,1-2H3/t29?,30?,31?,33?,39-,40-,43-,44+,45?,46+,47-,48-/m1/s1. The second-order valence-electron chi connectivity index (χ2n) is 21.6. The number of hydrogen-bond acceptors (Lipinski definition) is 7. The fourth-order valence-corrected chi connectivity index (χ4v) is 19.1. The van der Waals surface area contributed by atoms with Crippen molar-refractivity contribution >= 4 is 38.7 Å². The van der Waals surface area contributed by atoms with E-state index in [0.29, 0.717) is 72.6 Å². The van der Waals surface area contributed by atoms with Gasteiger partial charge in [-0.25, -0.2) is 8.42 Å². The Kier molecular flexibility index (Phi) is 9.24. The van der Waals surface area contributed by atoms with E-state index in [-0.39, 0.29) is 57.1 Å². The molecule has 2 heterocycles. The summed E-state index contributed by atoms with van der Waals surface area (Å²) in [6.45, 7) is 4.80. The predicted octanol–water partition coefficient (Wildman–Crippen LogP) is 11.4. The minimum absolute atomic E-state index is 0.0208. The first-order valence-corrected chi connectivity index (χ1v) is 25.3. The number of alkyl halides is 3. The molecule has 0 amide bonds. The molecule has 8 atom stereocenters. The summed E-state index contributed by atoms with van der Waals surface area (Å²) in [7, 11) is -3.95. The van der Waals surface area contributed by atoms with Crippen molar-refractivity contribution in [3.8, 4) is 11.3 Å². The third kappa shape index (κ3) is 5.83. The summed E-state index contributed by atoms with van der Waals surface area (Å²) in [5, 5.41) is 26.5. The molecular weight excluding hydrogens is 855 g/mol. The average Bonchev–Trinajstić information content (AvgIpc) is 3.98. The molecule has 7 nitrogen and oxygen atoms in total. The van der Waals surface area contributed by atoms with E-state index in [9.17, 15) is 31.8 Å². The van der Waals surface area contributed by atoms with Gasteiger partial charge in [-0.05, 0) is 166 Å². The first-order chi connectivity index (χ1) is 29.2. The number of aliphatic hydroxyl groups is 2. The number of Topliss-reactive ketones (excluding diaryl/α,β-unsaturated/α-hetero) is 1. The van der Waals surface area contributed by atoms with Gasteiger partial charge in [0.05, 0.1) is 22.3 Å². The molecule has 1 unspecified atom stereocenters. The summed E-state index contributed by atoms with van der Waals surface area (Å²) in [4.78, 5) is 15.3. The Balaban J connectivity index is 0.985. The van der Waals surface area contributed by atoms with Crippen LogP contribution in [0.1, 0.15) is 113 Å². The summed E-state index contributed by atoms with van der Waals surface area (Å²) >= 11 is 7.64. The lowest BCUT2D eigenvalue weighted by atomic mass is 9.32. The van der Waals surface area contributed by atoms with Gasteiger partial charge in [0.1, 0.15) is 9.97 Å². The van der Waals surface area contributed by atoms with Gasteiger partial charge in [0.25, 0.3) is 10.0 Å². The number of fused-ring (bicyclic) bond motifs is 1. The molecule has 13 rings (SSSR count). The van der Waals surface area contributed by atoms with Gasteiger partial charge in [-0.3, -0.25) is 4.79 Å². The summed E-state index contributed by atoms with van der Waals surface area (Å²) in [6, 6.07) is 9.45. The molecule has 2 aromatic heterocycles. The molecule has 10 aliphatic rings. The van der Waals surface area contributed by atoms with Gasteiger partial charge in [0.15, 0.2) is 5.76 Å². The molecule has 0 saturated heterocycles. The molecule has 3 aromatic rings. The minimum Gasteiger partial charge on any atom is -0.453 e. The van der Waals surface area contributed by atoms with Gasteiger partial charge in [-0.2, -0.15) is 17.5 Å². The van der Waals surface area contributed by atoms with Crippen LogP contribution in [0.15, 0.2) is 80.3 Å². The molecule has 2 spiro atoms. The fraction of sp³-hybridized carbons (Fsp3) is 0.612. The summed E-state index contributed by atoms with van der Waals surface area (Å²) < 4.78 is 79.2. The van der Waals surface area contributed by atoms with E-state index in [1.807, 2.05) is 0 Å². The van der Waals surface area contributed by atoms with Crippen molar-refractivity contribution in [3.05, 3.63) is 88.0 Å². The zero-order chi connectivity index (χ0) is 43.5. The normalized spacial score (nSPS) is 41.6. The Bertz CT molecular complexity index is 2480. The van der Waals surface area contributed by atoms with E-state index in [4.69, 9.17) is 16.0 Å². The van der Waals surface area contributed by atoms with E-state index in [1.165, 1.54) is 48.8 Å². The predicted molar refractivity (Wildman–Crippen MR) is 231 cm³/mol. The maximum Gasteiger partial charge on any atom is 0.416 e. The Morgan fingerprint density at radius 3 is 2.26 bits per heavy atom. The van der Waals surface area contributed by atoms with Crippen LogP contribution in [0.4, 0.5) is 13.2 Å². The molecule has 7 saturated carbocycles. The van der Waals surface area contributed by atoms with Crippen LogP contribution in [0.3, 0.4) is 0 Å². The van der Waals surface area contributed by atoms with Gasteiger partial charge in [0, 0.05) is 40.5 Å². The largest absolute Gasteiger partial charge is 0.453 e. The van der Waals surface area contributed by atoms with Crippen molar-refractivity contribution in [3.63, 3.8) is 0 Å². The van der Waals surface area contributed by atoms with Crippen LogP contribution in [0, 0.1) is 56.7 Å². The highest BCUT2D eigenvalue weighted by Crippen LogP contribution is 2.78. The van der Waals surface area contributed by atoms with Crippen molar-refractivity contribution in [2.24, 2.45) is 56.7 Å². The Hall–Kier alpha value is -2.74. The lowest BCUT2D eigenvalue weighted by Gasteiger charge is -2.71. The number of hydrogen-bond donors (Lipinski definition) is 2. The molecule has 6 bridgehead atoms. The highest BCUT2D eigenvalue weighted by Gasteiger charge is 2.75. The second-order valence-corrected chi connectivity index (χ2v) is 25.1. The number of benzene rings is 1. The van der Waals surface area contributed by atoms with Crippen LogP contribution in [-0.4, -0.2) is 53.5 Å². The topological polar surface area (TPSA) is 108 Å². The fourth-order valence-electron chi connectivity index (χ4n) is 16.1. The molecule has 13 heteroatoms. The first-order valence-electron chi connectivity index (χ1n) is 22.6. The molecule has 1 aromatic carbocycles. The van der Waals surface area contributed by atoms with Gasteiger partial charge in [-0.1, -0.05) is 49.7 Å². The number of sulfonamides is 1. The van der Waals surface area contributed by atoms with Crippen molar-refractivity contribution in [2.75, 3.05) is 13.1 Å². The number of allylic oxidation sites excluding steroid dienone is 4. The summed E-state index contributed by atoms with van der Waals surface area (Å²) in [5.74, 6) is 1.27. The highest BCUT2D eigenvalue weighted by molar-refractivity contribution is 7.91. The zero-order valence-corrected chi connectivity index (χ0v) is 37.6. The second kappa shape index (κ2) is 13.7. The number of thiophene rings is 1. The molecular formula is C49H55ClF3NO6S2. The van der Waals surface area contributed by atoms with E-state index in [0.717, 1.165) is 37.8 Å². The van der Waals surface area contributed by atoms with Gasteiger partial charge in [0.2, 0.25) is 5.78 Å². The maximum atomic E-state index is 15.3. The summed E-state index contributed by atoms with van der Waals surface area (Å²) in [6.07, 6.45) is 12.2. The molecule has 332 valence electrons. The van der Waals surface area contributed by atoms with Crippen molar-refractivity contribution in [2.45, 2.75) is 119 Å². The smallest absolute Gasteiger partial charge is 0.416 e. The quantitative estimate of drug-likeness (QED) is 0.164. The summed E-state index contributed by atoms with van der Waals surface area (Å²) in [5.41, 5.74) is -4.40. The monoisotopic (exact) mass is 909 g/mol. The first kappa shape index (κ1) is 41.9. The van der Waals surface area contributed by atoms with E-state index < -0.39 is 49.7 Å². The number of rotatable bonds is 9. The van der Waals surface area contributed by atoms with Crippen LogP contribution in [-0.2, 0) is 16.2 Å². The van der Waals surface area contributed by atoms with Crippen LogP contribution in [0.2, 0.25) is 5.02 Å². The van der Waals surface area contributed by atoms with Crippen LogP contribution < -0.4 is 0 Å². The minimum atomic E-state index is -4.61. The number of halogens is 4. The van der Waals surface area contributed by atoms with E-state index >= 15 is 4.79 Å². The van der Waals surface area contributed by atoms with Gasteiger partial charge < -0.3 is 14.6 Å². The lowest BCUT2D eigenvalue weighted by molar-refractivity contribution is -0.175. The van der Waals surface area contributed by atoms with Crippen LogP contribution >= 0.6 is 22.9 Å². The van der Waals surface area contributed by atoms with E-state index in [2.05, 4.69) is 32.1 Å². The van der Waals surface area contributed by atoms with Crippen LogP contribution in [0.25, 0.3) is 11.3 Å². The lowest BCUT2D eigenvalue weighted by Crippen LogP contribution is -2.67. The highest BCUT2D eigenvalue weighted by atomic mass is 35.5. The van der Waals surface area contributed by atoms with Crippen LogP contribution in [0.5, 0.6) is 0 Å². The third-order valence-electron chi connectivity index (χ3n) is 18.5. The molecule has 2 N–H and O–H groups in total. The van der Waals surface area contributed by atoms with Crippen molar-refractivity contribution in [1.82, 2.24) is 4.31 Å². The molecule has 0 radical (unpaired) electrons. The number of nitrogens with zero attached hydrogens (tertiary/aromatic N) is 1. The van der Waals surface area contributed by atoms with E-state index in [1.54, 1.807) is 21.8 Å². The number of furan rings is 1. The Morgan fingerprint density at radius 2 is 1.58 bits per heavy atom. The Morgan fingerprint density at radius 1 is 0.903 bits per heavy atom. The number of carbonyl (C=O) groups is 1. The molecule has 0 aliphatic heterocycles. The number of ketones is 1. The van der Waals surface area contributed by atoms with Gasteiger partial charge in [-0.15, -0.1) is 11.3 Å². The van der Waals surface area contributed by atoms with Crippen molar-refractivity contribution < 1.29 is 41.0 Å². The maximum absolute atomic E-state index is 15.3. The number of carbonyl (C=O) groups excluding carboxylic acids is 1. The van der Waals surface area contributed by atoms with Crippen molar-refractivity contribution in [1.29, 1.82) is 0 Å². The number of aliphatic hydroxyl groups excluding tert-OH is 1. The zero-order valence-electron chi connectivity index (χ0n) is 35.2. The SMILES string of the molecule is C[C@]12CC[C@H]3[C@]4(C=C[C@@]5(C=C4C(=O)c4ccc(-c6cc(C(F)(F)F)ccc6Cl)o4)CC(O)CC[C@]35C)[C@@H]1CC[C@@]2(O)CN(CC12CC3CC(CC(C3)C1)C2)S(=O)(=O)c1cccs1. The molecule has 10 aliphatic carbocycles. The third-order valence-corrected chi connectivity index (χ3v) is 22.0. The Labute approximate surface area is 370 Å². The average molecular weight is 911 g/mol.